The number of nitrogens with one attached hydrogen (secondary N) is 1. The van der Waals surface area contributed by atoms with Crippen molar-refractivity contribution >= 4 is 40.4 Å². The summed E-state index contributed by atoms with van der Waals surface area (Å²) in [5, 5.41) is 12.6. The molecule has 0 aliphatic carbocycles. The lowest BCUT2D eigenvalue weighted by Gasteiger charge is -2.34. The summed E-state index contributed by atoms with van der Waals surface area (Å²) in [6.45, 7) is 3.04. The van der Waals surface area contributed by atoms with Gasteiger partial charge in [-0.3, -0.25) is 4.90 Å². The molecular formula is C33H36F4N4O7. The third kappa shape index (κ3) is 8.61. The average Bonchev–Trinajstić information content (AvgIpc) is 3.35. The molecule has 4 rings (SSSR count). The molecule has 0 saturated carbocycles. The zero-order valence-corrected chi connectivity index (χ0v) is 27.0. The van der Waals surface area contributed by atoms with Gasteiger partial charge in [0, 0.05) is 17.6 Å². The van der Waals surface area contributed by atoms with Crippen LogP contribution in [0.5, 0.6) is 5.75 Å². The van der Waals surface area contributed by atoms with Crippen LogP contribution in [0.1, 0.15) is 43.2 Å². The molecule has 1 aliphatic rings. The van der Waals surface area contributed by atoms with Crippen molar-refractivity contribution < 1.29 is 51.3 Å². The quantitative estimate of drug-likeness (QED) is 0.170. The zero-order chi connectivity index (χ0) is 35.4. The summed E-state index contributed by atoms with van der Waals surface area (Å²) in [6, 6.07) is 9.51. The number of amides is 2. The maximum Gasteiger partial charge on any atom is 0.415 e. The molecular weight excluding hydrogens is 640 g/mol. The van der Waals surface area contributed by atoms with Crippen LogP contribution < -0.4 is 15.0 Å². The number of rotatable bonds is 7. The number of ether oxygens (including phenoxy) is 3. The maximum absolute atomic E-state index is 14.9. The summed E-state index contributed by atoms with van der Waals surface area (Å²) in [6.07, 6.45) is -8.05. The van der Waals surface area contributed by atoms with Crippen LogP contribution in [0.25, 0.3) is 10.9 Å². The molecule has 3 aromatic rings. The van der Waals surface area contributed by atoms with Crippen LogP contribution in [-0.2, 0) is 16.0 Å². The van der Waals surface area contributed by atoms with Gasteiger partial charge in [0.25, 0.3) is 0 Å². The van der Waals surface area contributed by atoms with Crippen LogP contribution in [0.3, 0.4) is 0 Å². The Hall–Kier alpha value is -5.13. The molecule has 2 N–H and O–H groups in total. The lowest BCUT2D eigenvalue weighted by molar-refractivity contribution is -0.140. The molecule has 0 spiro atoms. The van der Waals surface area contributed by atoms with E-state index in [1.54, 1.807) is 26.8 Å². The molecule has 2 amide bonds. The second kappa shape index (κ2) is 14.3. The Morgan fingerprint density at radius 2 is 1.83 bits per heavy atom. The van der Waals surface area contributed by atoms with Gasteiger partial charge in [-0.2, -0.15) is 13.2 Å². The highest BCUT2D eigenvalue weighted by atomic mass is 19.4. The number of nitrogens with zero attached hydrogens (tertiary/aromatic N) is 3. The second-order valence-corrected chi connectivity index (χ2v) is 12.0. The molecule has 2 heterocycles. The van der Waals surface area contributed by atoms with Crippen LogP contribution in [0.15, 0.2) is 42.5 Å². The van der Waals surface area contributed by atoms with Crippen LogP contribution in [0, 0.1) is 11.8 Å². The van der Waals surface area contributed by atoms with Gasteiger partial charge in [0.1, 0.15) is 24.1 Å². The van der Waals surface area contributed by atoms with Crippen LogP contribution in [0.2, 0.25) is 0 Å². The van der Waals surface area contributed by atoms with E-state index in [4.69, 9.17) is 14.2 Å². The monoisotopic (exact) mass is 676 g/mol. The lowest BCUT2D eigenvalue weighted by atomic mass is 10.0. The van der Waals surface area contributed by atoms with E-state index in [1.807, 2.05) is 0 Å². The Balaban J connectivity index is 1.72. The summed E-state index contributed by atoms with van der Waals surface area (Å²) >= 11 is 0. The number of carbonyl (C=O) groups excluding carboxylic acids is 2. The highest BCUT2D eigenvalue weighted by Gasteiger charge is 2.33. The minimum absolute atomic E-state index is 0.0220. The third-order valence-corrected chi connectivity index (χ3v) is 7.40. The number of likely N-dealkylation sites (tertiary alicyclic amines) is 1. The minimum atomic E-state index is -4.61. The van der Waals surface area contributed by atoms with Crippen molar-refractivity contribution in [2.24, 2.45) is 0 Å². The molecule has 0 radical (unpaired) electrons. The maximum atomic E-state index is 14.9. The minimum Gasteiger partial charge on any atom is -0.495 e. The number of alkyl halides is 4. The summed E-state index contributed by atoms with van der Waals surface area (Å²) in [5.41, 5.74) is -0.0476. The molecule has 48 heavy (non-hydrogen) atoms. The highest BCUT2D eigenvalue weighted by Crippen LogP contribution is 2.33. The normalized spacial score (nSPS) is 16.5. The number of piperidine rings is 1. The number of aromatic nitrogens is 1. The fraction of sp³-hybridized carbons (Fsp3) is 0.424. The summed E-state index contributed by atoms with van der Waals surface area (Å²) in [5.74, 6) is 5.01. The molecule has 1 saturated heterocycles. The number of esters is 1. The second-order valence-electron chi connectivity index (χ2n) is 12.0. The first-order valence-corrected chi connectivity index (χ1v) is 14.8. The molecule has 1 aliphatic heterocycles. The molecule has 15 heteroatoms. The smallest absolute Gasteiger partial charge is 0.415 e. The number of fused-ring (bicyclic) bond motifs is 1. The third-order valence-electron chi connectivity index (χ3n) is 7.40. The summed E-state index contributed by atoms with van der Waals surface area (Å²) in [7, 11) is 2.55. The molecule has 2 atom stereocenters. The van der Waals surface area contributed by atoms with E-state index in [0.717, 1.165) is 14.4 Å². The van der Waals surface area contributed by atoms with E-state index in [0.29, 0.717) is 11.1 Å². The first kappa shape index (κ1) is 35.7. The van der Waals surface area contributed by atoms with Crippen molar-refractivity contribution in [1.82, 2.24) is 9.47 Å². The molecule has 0 unspecified atom stereocenters. The highest BCUT2D eigenvalue weighted by molar-refractivity contribution is 5.95. The SMILES string of the molecule is COC(=O)c1ccc(N(CC#Cc2cc3c(N[C@H]4CCN(C(=O)O)C[C@H]4F)cccc3n2CC(F)(F)F)C(=O)OC(C)(C)C)c(OC)c1. The average molecular weight is 677 g/mol. The van der Waals surface area contributed by atoms with Gasteiger partial charge in [-0.25, -0.2) is 18.8 Å². The number of halogens is 4. The van der Waals surface area contributed by atoms with Gasteiger partial charge in [-0.15, -0.1) is 0 Å². The number of anilines is 2. The summed E-state index contributed by atoms with van der Waals surface area (Å²) < 4.78 is 73.0. The van der Waals surface area contributed by atoms with Gasteiger partial charge in [-0.05, 0) is 69.5 Å². The number of hydrogen-bond acceptors (Lipinski definition) is 7. The molecule has 1 fully saturated rings. The zero-order valence-electron chi connectivity index (χ0n) is 27.0. The van der Waals surface area contributed by atoms with Crippen molar-refractivity contribution in [3.63, 3.8) is 0 Å². The van der Waals surface area contributed by atoms with Crippen molar-refractivity contribution in [2.45, 2.75) is 57.7 Å². The van der Waals surface area contributed by atoms with E-state index >= 15 is 0 Å². The molecule has 1 aromatic heterocycles. The van der Waals surface area contributed by atoms with Gasteiger partial charge < -0.3 is 34.1 Å². The number of carboxylic acid groups (broad SMARTS) is 1. The van der Waals surface area contributed by atoms with E-state index in [2.05, 4.69) is 17.2 Å². The fourth-order valence-electron chi connectivity index (χ4n) is 5.22. The van der Waals surface area contributed by atoms with Gasteiger partial charge in [-0.1, -0.05) is 12.0 Å². The number of methoxy groups -OCH3 is 2. The summed E-state index contributed by atoms with van der Waals surface area (Å²) in [4.78, 5) is 38.8. The predicted molar refractivity (Wildman–Crippen MR) is 169 cm³/mol. The molecule has 11 nitrogen and oxygen atoms in total. The largest absolute Gasteiger partial charge is 0.495 e. The van der Waals surface area contributed by atoms with Crippen molar-refractivity contribution in [1.29, 1.82) is 0 Å². The Kier molecular flexibility index (Phi) is 10.7. The van der Waals surface area contributed by atoms with Crippen LogP contribution in [0.4, 0.5) is 38.5 Å². The van der Waals surface area contributed by atoms with Gasteiger partial charge in [0.15, 0.2) is 0 Å². The van der Waals surface area contributed by atoms with Gasteiger partial charge in [0.05, 0.1) is 55.8 Å². The predicted octanol–water partition coefficient (Wildman–Crippen LogP) is 6.29. The number of hydrogen-bond donors (Lipinski definition) is 2. The molecule has 0 bridgehead atoms. The fourth-order valence-corrected chi connectivity index (χ4v) is 5.22. The van der Waals surface area contributed by atoms with E-state index in [9.17, 15) is 37.1 Å². The van der Waals surface area contributed by atoms with Crippen molar-refractivity contribution in [3.8, 4) is 17.6 Å². The van der Waals surface area contributed by atoms with E-state index in [1.165, 1.54) is 50.6 Å². The lowest BCUT2D eigenvalue weighted by Crippen LogP contribution is -2.49. The Labute approximate surface area is 274 Å². The Bertz CT molecular complexity index is 1740. The van der Waals surface area contributed by atoms with Crippen molar-refractivity contribution in [3.05, 3.63) is 53.7 Å². The van der Waals surface area contributed by atoms with Gasteiger partial charge in [0.2, 0.25) is 0 Å². The Morgan fingerprint density at radius 3 is 2.44 bits per heavy atom. The first-order valence-electron chi connectivity index (χ1n) is 14.8. The Morgan fingerprint density at radius 1 is 1.10 bits per heavy atom. The standard InChI is InChI=1S/C33H36F4N4O7/c1-32(2,3)48-31(45)40(27-12-11-20(29(42)47-5)16-28(27)46-4)14-7-8-21-17-22-24(9-6-10-26(22)41(21)19-33(35,36)37)38-25-13-15-39(30(43)44)18-23(25)34/h6,9-12,16-17,23,25,38H,13-15,18-19H2,1-5H3,(H,43,44)/t23-,25+/m1/s1. The van der Waals surface area contributed by atoms with Crippen molar-refractivity contribution in [2.75, 3.05) is 44.1 Å². The molecule has 2 aromatic carbocycles. The number of carbonyl (C=O) groups is 3. The number of benzene rings is 2. The van der Waals surface area contributed by atoms with E-state index in [-0.39, 0.29) is 54.3 Å². The van der Waals surface area contributed by atoms with Crippen LogP contribution in [-0.4, -0.2) is 90.6 Å². The molecule has 258 valence electrons. The van der Waals surface area contributed by atoms with Crippen LogP contribution >= 0.6 is 0 Å². The van der Waals surface area contributed by atoms with Gasteiger partial charge >= 0.3 is 24.3 Å². The topological polar surface area (TPSA) is 123 Å². The van der Waals surface area contributed by atoms with E-state index < -0.39 is 48.7 Å². The first-order chi connectivity index (χ1) is 22.5.